The van der Waals surface area contributed by atoms with Crippen molar-refractivity contribution in [3.63, 3.8) is 0 Å². The summed E-state index contributed by atoms with van der Waals surface area (Å²) in [5, 5.41) is 2.27. The van der Waals surface area contributed by atoms with Crippen LogP contribution in [0.2, 0.25) is 0 Å². The quantitative estimate of drug-likeness (QED) is 0.622. The molecule has 110 valence electrons. The van der Waals surface area contributed by atoms with Gasteiger partial charge in [0, 0.05) is 4.47 Å². The number of fused-ring (bicyclic) bond motifs is 1. The molecule has 0 fully saturated rings. The topological polar surface area (TPSA) is 18.5 Å². The summed E-state index contributed by atoms with van der Waals surface area (Å²) in [4.78, 5) is 0. The SMILES string of the molecule is C=CCOC(CC=C)c1ccc2cc(OC)ccc2c1Br. The Bertz CT molecular complexity index is 649. The van der Waals surface area contributed by atoms with E-state index in [1.165, 1.54) is 0 Å². The second-order valence-electron chi connectivity index (χ2n) is 4.69. The van der Waals surface area contributed by atoms with Gasteiger partial charge in [-0.25, -0.2) is 0 Å². The lowest BCUT2D eigenvalue weighted by Gasteiger charge is -2.18. The molecule has 1 unspecified atom stereocenters. The van der Waals surface area contributed by atoms with Crippen molar-refractivity contribution in [3.8, 4) is 5.75 Å². The molecule has 2 aromatic carbocycles. The molecule has 21 heavy (non-hydrogen) atoms. The molecule has 0 aliphatic heterocycles. The molecule has 0 heterocycles. The van der Waals surface area contributed by atoms with Gasteiger partial charge >= 0.3 is 0 Å². The van der Waals surface area contributed by atoms with E-state index in [1.54, 1.807) is 13.2 Å². The van der Waals surface area contributed by atoms with Gasteiger partial charge in [0.05, 0.1) is 19.8 Å². The van der Waals surface area contributed by atoms with Gasteiger partial charge in [-0.1, -0.05) is 24.3 Å². The maximum atomic E-state index is 5.85. The molecule has 2 rings (SSSR count). The first-order valence-corrected chi connectivity index (χ1v) is 7.60. The van der Waals surface area contributed by atoms with E-state index in [1.807, 2.05) is 18.2 Å². The zero-order valence-electron chi connectivity index (χ0n) is 12.1. The number of methoxy groups -OCH3 is 1. The van der Waals surface area contributed by atoms with Gasteiger partial charge in [-0.3, -0.25) is 0 Å². The summed E-state index contributed by atoms with van der Waals surface area (Å²) in [6.45, 7) is 8.03. The molecular weight excluding hydrogens is 328 g/mol. The molecule has 0 saturated carbocycles. The second kappa shape index (κ2) is 7.43. The van der Waals surface area contributed by atoms with Crippen molar-refractivity contribution in [2.75, 3.05) is 13.7 Å². The predicted molar refractivity (Wildman–Crippen MR) is 91.9 cm³/mol. The van der Waals surface area contributed by atoms with Crippen molar-refractivity contribution < 1.29 is 9.47 Å². The van der Waals surface area contributed by atoms with Crippen LogP contribution in [-0.2, 0) is 4.74 Å². The Hall–Kier alpha value is -1.58. The molecule has 1 atom stereocenters. The summed E-state index contributed by atoms with van der Waals surface area (Å²) >= 11 is 3.71. The fraction of sp³-hybridized carbons (Fsp3) is 0.222. The van der Waals surface area contributed by atoms with Gasteiger partial charge in [-0.15, -0.1) is 13.2 Å². The first-order chi connectivity index (χ1) is 10.2. The summed E-state index contributed by atoms with van der Waals surface area (Å²) in [5.41, 5.74) is 1.12. The van der Waals surface area contributed by atoms with E-state index >= 15 is 0 Å². The van der Waals surface area contributed by atoms with Crippen LogP contribution in [0.5, 0.6) is 5.75 Å². The van der Waals surface area contributed by atoms with Crippen LogP contribution < -0.4 is 4.74 Å². The number of ether oxygens (including phenoxy) is 2. The summed E-state index contributed by atoms with van der Waals surface area (Å²) < 4.78 is 12.2. The zero-order valence-corrected chi connectivity index (χ0v) is 13.7. The minimum atomic E-state index is -0.0265. The van der Waals surface area contributed by atoms with Crippen LogP contribution in [0.4, 0.5) is 0 Å². The van der Waals surface area contributed by atoms with Crippen molar-refractivity contribution in [2.24, 2.45) is 0 Å². The molecule has 2 nitrogen and oxygen atoms in total. The van der Waals surface area contributed by atoms with E-state index in [4.69, 9.17) is 9.47 Å². The monoisotopic (exact) mass is 346 g/mol. The fourth-order valence-electron chi connectivity index (χ4n) is 2.28. The lowest BCUT2D eigenvalue weighted by molar-refractivity contribution is 0.0762. The van der Waals surface area contributed by atoms with Gasteiger partial charge < -0.3 is 9.47 Å². The number of benzene rings is 2. The maximum absolute atomic E-state index is 5.85. The Morgan fingerprint density at radius 1 is 1.19 bits per heavy atom. The van der Waals surface area contributed by atoms with E-state index in [9.17, 15) is 0 Å². The first-order valence-electron chi connectivity index (χ1n) is 6.80. The summed E-state index contributed by atoms with van der Waals surface area (Å²) in [6, 6.07) is 10.2. The van der Waals surface area contributed by atoms with E-state index in [0.29, 0.717) is 6.61 Å². The van der Waals surface area contributed by atoms with Crippen LogP contribution in [0.3, 0.4) is 0 Å². The molecule has 0 aliphatic carbocycles. The van der Waals surface area contributed by atoms with E-state index < -0.39 is 0 Å². The molecule has 0 spiro atoms. The number of hydrogen-bond donors (Lipinski definition) is 0. The van der Waals surface area contributed by atoms with Crippen LogP contribution in [0, 0.1) is 0 Å². The Morgan fingerprint density at radius 2 is 2.00 bits per heavy atom. The van der Waals surface area contributed by atoms with Crippen LogP contribution in [-0.4, -0.2) is 13.7 Å². The van der Waals surface area contributed by atoms with E-state index in [2.05, 4.69) is 47.3 Å². The van der Waals surface area contributed by atoms with Crippen LogP contribution >= 0.6 is 15.9 Å². The van der Waals surface area contributed by atoms with E-state index in [-0.39, 0.29) is 6.10 Å². The van der Waals surface area contributed by atoms with Crippen LogP contribution in [0.1, 0.15) is 18.1 Å². The van der Waals surface area contributed by atoms with Crippen molar-refractivity contribution in [1.29, 1.82) is 0 Å². The van der Waals surface area contributed by atoms with Gasteiger partial charge in [-0.2, -0.15) is 0 Å². The number of rotatable bonds is 7. The number of hydrogen-bond acceptors (Lipinski definition) is 2. The van der Waals surface area contributed by atoms with Crippen LogP contribution in [0.25, 0.3) is 10.8 Å². The lowest BCUT2D eigenvalue weighted by Crippen LogP contribution is -2.05. The highest BCUT2D eigenvalue weighted by molar-refractivity contribution is 9.10. The largest absolute Gasteiger partial charge is 0.497 e. The zero-order chi connectivity index (χ0) is 15.2. The second-order valence-corrected chi connectivity index (χ2v) is 5.48. The Kier molecular flexibility index (Phi) is 5.59. The maximum Gasteiger partial charge on any atom is 0.119 e. The van der Waals surface area contributed by atoms with E-state index in [0.717, 1.165) is 33.0 Å². The standard InChI is InChI=1S/C18H19BrO2/c1-4-6-17(21-11-5-2)16-9-7-13-12-14(20-3)8-10-15(13)18(16)19/h4-5,7-10,12,17H,1-2,6,11H2,3H3. The highest BCUT2D eigenvalue weighted by Gasteiger charge is 2.15. The van der Waals surface area contributed by atoms with Gasteiger partial charge in [0.15, 0.2) is 0 Å². The summed E-state index contributed by atoms with van der Waals surface area (Å²) in [6.07, 6.45) is 4.36. The van der Waals surface area contributed by atoms with Crippen molar-refractivity contribution >= 4 is 26.7 Å². The molecule has 0 aliphatic rings. The molecule has 0 saturated heterocycles. The number of halogens is 1. The van der Waals surface area contributed by atoms with Crippen LogP contribution in [0.15, 0.2) is 60.1 Å². The minimum Gasteiger partial charge on any atom is -0.497 e. The Balaban J connectivity index is 2.45. The van der Waals surface area contributed by atoms with Crippen molar-refractivity contribution in [2.45, 2.75) is 12.5 Å². The normalized spacial score (nSPS) is 12.1. The Labute approximate surface area is 134 Å². The van der Waals surface area contributed by atoms with Gasteiger partial charge in [-0.05, 0) is 56.9 Å². The van der Waals surface area contributed by atoms with Crippen molar-refractivity contribution in [3.05, 3.63) is 65.7 Å². The Morgan fingerprint density at radius 3 is 2.67 bits per heavy atom. The molecule has 0 aromatic heterocycles. The van der Waals surface area contributed by atoms with Gasteiger partial charge in [0.25, 0.3) is 0 Å². The average Bonchev–Trinajstić information content (AvgIpc) is 2.51. The average molecular weight is 347 g/mol. The first kappa shape index (κ1) is 15.8. The van der Waals surface area contributed by atoms with Gasteiger partial charge in [0.2, 0.25) is 0 Å². The highest BCUT2D eigenvalue weighted by atomic mass is 79.9. The minimum absolute atomic E-state index is 0.0265. The molecule has 3 heteroatoms. The predicted octanol–water partition coefficient (Wildman–Crippen LogP) is 5.43. The summed E-state index contributed by atoms with van der Waals surface area (Å²) in [5.74, 6) is 0.854. The molecule has 0 radical (unpaired) electrons. The summed E-state index contributed by atoms with van der Waals surface area (Å²) in [7, 11) is 1.67. The third-order valence-corrected chi connectivity index (χ3v) is 4.22. The smallest absolute Gasteiger partial charge is 0.119 e. The molecule has 0 N–H and O–H groups in total. The molecule has 0 bridgehead atoms. The van der Waals surface area contributed by atoms with Crippen molar-refractivity contribution in [1.82, 2.24) is 0 Å². The van der Waals surface area contributed by atoms with Gasteiger partial charge in [0.1, 0.15) is 5.75 Å². The lowest BCUT2D eigenvalue weighted by atomic mass is 10.0. The third kappa shape index (κ3) is 3.55. The molecular formula is C18H19BrO2. The molecule has 2 aromatic rings. The highest BCUT2D eigenvalue weighted by Crippen LogP contribution is 2.35. The molecule has 0 amide bonds. The fourth-order valence-corrected chi connectivity index (χ4v) is 3.03. The third-order valence-electron chi connectivity index (χ3n) is 3.33.